The quantitative estimate of drug-likeness (QED) is 0.811. The lowest BCUT2D eigenvalue weighted by Gasteiger charge is -2.33. The molecule has 1 N–H and O–H groups in total. The molecule has 0 aromatic heterocycles. The molecule has 0 unspecified atom stereocenters. The monoisotopic (exact) mass is 322 g/mol. The molecule has 1 heterocycles. The van der Waals surface area contributed by atoms with Gasteiger partial charge in [0.05, 0.1) is 0 Å². The molecule has 1 aliphatic heterocycles. The number of benzene rings is 2. The lowest BCUT2D eigenvalue weighted by molar-refractivity contribution is 0.112. The lowest BCUT2D eigenvalue weighted by atomic mass is 10.0. The van der Waals surface area contributed by atoms with Crippen molar-refractivity contribution in [1.29, 1.82) is 0 Å². The number of nitrogens with zero attached hydrogens (tertiary/aromatic N) is 1. The number of piperidine rings is 1. The first-order chi connectivity index (χ1) is 11.8. The number of aryl methyl sites for hydroxylation is 1. The molecule has 3 nitrogen and oxygen atoms in total. The van der Waals surface area contributed by atoms with E-state index >= 15 is 0 Å². The zero-order chi connectivity index (χ0) is 16.8. The van der Waals surface area contributed by atoms with E-state index in [1.165, 1.54) is 5.56 Å². The smallest absolute Gasteiger partial charge is 0.152 e. The van der Waals surface area contributed by atoms with Crippen molar-refractivity contribution in [3.8, 4) is 0 Å². The van der Waals surface area contributed by atoms with Crippen molar-refractivity contribution in [1.82, 2.24) is 4.90 Å². The Kier molecular flexibility index (Phi) is 5.65. The van der Waals surface area contributed by atoms with E-state index in [1.807, 2.05) is 18.2 Å². The Morgan fingerprint density at radius 2 is 1.83 bits per heavy atom. The summed E-state index contributed by atoms with van der Waals surface area (Å²) in [5, 5.41) is 3.60. The first-order valence-corrected chi connectivity index (χ1v) is 8.90. The third kappa shape index (κ3) is 4.04. The topological polar surface area (TPSA) is 32.3 Å². The van der Waals surface area contributed by atoms with E-state index in [0.29, 0.717) is 6.04 Å². The maximum absolute atomic E-state index is 11.5. The van der Waals surface area contributed by atoms with Gasteiger partial charge in [0, 0.05) is 36.9 Å². The number of carbonyl (C=O) groups excluding carboxylic acids is 1. The van der Waals surface area contributed by atoms with E-state index in [9.17, 15) is 4.79 Å². The predicted molar refractivity (Wildman–Crippen MR) is 99.6 cm³/mol. The molecule has 2 aromatic carbocycles. The van der Waals surface area contributed by atoms with Gasteiger partial charge < -0.3 is 5.32 Å². The van der Waals surface area contributed by atoms with Crippen LogP contribution in [-0.4, -0.2) is 30.3 Å². The number of hydrogen-bond donors (Lipinski definition) is 1. The summed E-state index contributed by atoms with van der Waals surface area (Å²) in [7, 11) is 0. The largest absolute Gasteiger partial charge is 0.382 e. The molecule has 1 aliphatic rings. The highest BCUT2D eigenvalue weighted by molar-refractivity contribution is 5.86. The average molecular weight is 322 g/mol. The van der Waals surface area contributed by atoms with Crippen molar-refractivity contribution < 1.29 is 4.79 Å². The van der Waals surface area contributed by atoms with Gasteiger partial charge in [0.25, 0.3) is 0 Å². The molecule has 0 aliphatic carbocycles. The Balaban J connectivity index is 1.57. The fourth-order valence-corrected chi connectivity index (χ4v) is 3.48. The third-order valence-electron chi connectivity index (χ3n) is 4.89. The summed E-state index contributed by atoms with van der Waals surface area (Å²) in [5.74, 6) is 0. The van der Waals surface area contributed by atoms with E-state index in [0.717, 1.165) is 62.0 Å². The molecule has 0 amide bonds. The van der Waals surface area contributed by atoms with Crippen LogP contribution >= 0.6 is 0 Å². The standard InChI is InChI=1S/C21H26N2O/c1-2-18-9-6-10-21(20(18)16-24)22-19-11-13-23(14-12-19)15-17-7-4-3-5-8-17/h3-10,16,19,22H,2,11-15H2,1H3. The number of likely N-dealkylation sites (tertiary alicyclic amines) is 1. The SMILES string of the molecule is CCc1cccc(NC2CCN(Cc3ccccc3)CC2)c1C=O. The van der Waals surface area contributed by atoms with Crippen molar-refractivity contribution in [2.75, 3.05) is 18.4 Å². The lowest BCUT2D eigenvalue weighted by Crippen LogP contribution is -2.38. The van der Waals surface area contributed by atoms with E-state index in [1.54, 1.807) is 0 Å². The van der Waals surface area contributed by atoms with Crippen LogP contribution in [0.25, 0.3) is 0 Å². The van der Waals surface area contributed by atoms with Crippen LogP contribution in [0.2, 0.25) is 0 Å². The molecule has 2 aromatic rings. The number of rotatable bonds is 6. The molecule has 3 rings (SSSR count). The minimum Gasteiger partial charge on any atom is -0.382 e. The molecule has 24 heavy (non-hydrogen) atoms. The molecule has 0 atom stereocenters. The van der Waals surface area contributed by atoms with Crippen LogP contribution in [-0.2, 0) is 13.0 Å². The summed E-state index contributed by atoms with van der Waals surface area (Å²) in [6.45, 7) is 5.31. The number of carbonyl (C=O) groups is 1. The first-order valence-electron chi connectivity index (χ1n) is 8.90. The van der Waals surface area contributed by atoms with Gasteiger partial charge >= 0.3 is 0 Å². The van der Waals surface area contributed by atoms with Crippen LogP contribution < -0.4 is 5.32 Å². The fraction of sp³-hybridized carbons (Fsp3) is 0.381. The zero-order valence-electron chi connectivity index (χ0n) is 14.4. The van der Waals surface area contributed by atoms with Crippen molar-refractivity contribution in [3.05, 3.63) is 65.2 Å². The van der Waals surface area contributed by atoms with Crippen LogP contribution in [0.5, 0.6) is 0 Å². The number of aldehydes is 1. The van der Waals surface area contributed by atoms with Crippen molar-refractivity contribution in [3.63, 3.8) is 0 Å². The molecule has 3 heteroatoms. The van der Waals surface area contributed by atoms with Crippen molar-refractivity contribution in [2.45, 2.75) is 38.8 Å². The Morgan fingerprint density at radius 3 is 2.50 bits per heavy atom. The van der Waals surface area contributed by atoms with E-state index in [4.69, 9.17) is 0 Å². The molecular weight excluding hydrogens is 296 g/mol. The van der Waals surface area contributed by atoms with Gasteiger partial charge in [-0.05, 0) is 36.5 Å². The summed E-state index contributed by atoms with van der Waals surface area (Å²) in [4.78, 5) is 14.0. The van der Waals surface area contributed by atoms with Crippen molar-refractivity contribution in [2.24, 2.45) is 0 Å². The summed E-state index contributed by atoms with van der Waals surface area (Å²) in [6.07, 6.45) is 4.10. The van der Waals surface area contributed by atoms with Crippen LogP contribution in [0.15, 0.2) is 48.5 Å². The van der Waals surface area contributed by atoms with E-state index in [-0.39, 0.29) is 0 Å². The van der Waals surface area contributed by atoms with Crippen LogP contribution in [0, 0.1) is 0 Å². The van der Waals surface area contributed by atoms with Crippen molar-refractivity contribution >= 4 is 12.0 Å². The van der Waals surface area contributed by atoms with Gasteiger partial charge in [-0.25, -0.2) is 0 Å². The zero-order valence-corrected chi connectivity index (χ0v) is 14.4. The van der Waals surface area contributed by atoms with E-state index in [2.05, 4.69) is 47.5 Å². The van der Waals surface area contributed by atoms with Gasteiger partial charge in [0.15, 0.2) is 6.29 Å². The number of anilines is 1. The second-order valence-electron chi connectivity index (χ2n) is 6.53. The second-order valence-corrected chi connectivity index (χ2v) is 6.53. The Morgan fingerprint density at radius 1 is 1.08 bits per heavy atom. The second kappa shape index (κ2) is 8.11. The molecule has 0 spiro atoms. The summed E-state index contributed by atoms with van der Waals surface area (Å²) < 4.78 is 0. The van der Waals surface area contributed by atoms with E-state index < -0.39 is 0 Å². The molecule has 1 saturated heterocycles. The average Bonchev–Trinajstić information content (AvgIpc) is 2.64. The fourth-order valence-electron chi connectivity index (χ4n) is 3.48. The molecule has 126 valence electrons. The predicted octanol–water partition coefficient (Wildman–Crippen LogP) is 4.14. The Hall–Kier alpha value is -2.13. The molecular formula is C21H26N2O. The summed E-state index contributed by atoms with van der Waals surface area (Å²) >= 11 is 0. The van der Waals surface area contributed by atoms with Gasteiger partial charge in [0.1, 0.15) is 0 Å². The van der Waals surface area contributed by atoms with Crippen LogP contribution in [0.1, 0.15) is 41.3 Å². The van der Waals surface area contributed by atoms with Gasteiger partial charge in [-0.1, -0.05) is 49.4 Å². The van der Waals surface area contributed by atoms with Crippen LogP contribution in [0.4, 0.5) is 5.69 Å². The minimum atomic E-state index is 0.447. The van der Waals surface area contributed by atoms with Crippen LogP contribution in [0.3, 0.4) is 0 Å². The Bertz CT molecular complexity index is 661. The molecule has 0 radical (unpaired) electrons. The maximum Gasteiger partial charge on any atom is 0.152 e. The number of nitrogens with one attached hydrogen (secondary N) is 1. The third-order valence-corrected chi connectivity index (χ3v) is 4.89. The first kappa shape index (κ1) is 16.7. The molecule has 1 fully saturated rings. The normalized spacial score (nSPS) is 16.0. The van der Waals surface area contributed by atoms with Gasteiger partial charge in [-0.15, -0.1) is 0 Å². The Labute approximate surface area is 144 Å². The maximum atomic E-state index is 11.5. The van der Waals surface area contributed by atoms with Gasteiger partial charge in [0.2, 0.25) is 0 Å². The highest BCUT2D eigenvalue weighted by Gasteiger charge is 2.20. The number of hydrogen-bond acceptors (Lipinski definition) is 3. The molecule has 0 saturated carbocycles. The summed E-state index contributed by atoms with van der Waals surface area (Å²) in [5.41, 5.74) is 4.32. The highest BCUT2D eigenvalue weighted by Crippen LogP contribution is 2.23. The summed E-state index contributed by atoms with van der Waals surface area (Å²) in [6, 6.07) is 17.2. The molecule has 0 bridgehead atoms. The van der Waals surface area contributed by atoms with Gasteiger partial charge in [-0.2, -0.15) is 0 Å². The van der Waals surface area contributed by atoms with Gasteiger partial charge in [-0.3, -0.25) is 9.69 Å². The highest BCUT2D eigenvalue weighted by atomic mass is 16.1. The minimum absolute atomic E-state index is 0.447.